The number of ether oxygens (including phenoxy) is 2. The molecule has 9 heteroatoms. The largest absolute Gasteiger partial charge is 0.472 e. The maximum Gasteiger partial charge on any atom is 0.472 e. The van der Waals surface area contributed by atoms with E-state index < -0.39 is 13.9 Å². The highest BCUT2D eigenvalue weighted by Crippen LogP contribution is 2.43. The van der Waals surface area contributed by atoms with Gasteiger partial charge in [0, 0.05) is 19.6 Å². The fourth-order valence-electron chi connectivity index (χ4n) is 8.26. The number of carbonyl (C=O) groups excluding carboxylic acids is 1. The molecule has 8 nitrogen and oxygen atoms in total. The lowest BCUT2D eigenvalue weighted by atomic mass is 10.0. The summed E-state index contributed by atoms with van der Waals surface area (Å²) in [7, 11) is -4.29. The summed E-state index contributed by atoms with van der Waals surface area (Å²) in [6, 6.07) is 0. The Morgan fingerprint density at radius 1 is 0.456 bits per heavy atom. The summed E-state index contributed by atoms with van der Waals surface area (Å²) in [5.41, 5.74) is 5.40. The van der Waals surface area contributed by atoms with Gasteiger partial charge in [-0.1, -0.05) is 267 Å². The number of hydrogen-bond donors (Lipinski definition) is 2. The first-order valence-electron chi connectivity index (χ1n) is 28.8. The third-order valence-electron chi connectivity index (χ3n) is 12.4. The van der Waals surface area contributed by atoms with Gasteiger partial charge in [-0.15, -0.1) is 0 Å². The Balaban J connectivity index is 3.89. The van der Waals surface area contributed by atoms with Crippen LogP contribution in [0.15, 0.2) is 60.8 Å². The van der Waals surface area contributed by atoms with Crippen molar-refractivity contribution in [1.29, 1.82) is 0 Å². The monoisotopic (exact) mass is 976 g/mol. The van der Waals surface area contributed by atoms with Crippen molar-refractivity contribution in [3.05, 3.63) is 60.8 Å². The number of phosphoric ester groups is 1. The van der Waals surface area contributed by atoms with Crippen molar-refractivity contribution in [1.82, 2.24) is 0 Å². The third kappa shape index (κ3) is 55.1. The van der Waals surface area contributed by atoms with Crippen molar-refractivity contribution in [3.63, 3.8) is 0 Å². The zero-order valence-corrected chi connectivity index (χ0v) is 45.5. The second-order valence-corrected chi connectivity index (χ2v) is 20.6. The smallest absolute Gasteiger partial charge is 0.457 e. The third-order valence-corrected chi connectivity index (χ3v) is 13.4. The van der Waals surface area contributed by atoms with Crippen molar-refractivity contribution in [2.24, 2.45) is 5.73 Å². The number of nitrogens with two attached hydrogens (primary N) is 1. The van der Waals surface area contributed by atoms with Gasteiger partial charge in [0.05, 0.1) is 19.8 Å². The quantitative estimate of drug-likeness (QED) is 0.0268. The van der Waals surface area contributed by atoms with E-state index in [0.717, 1.165) is 70.6 Å². The number of rotatable bonds is 55. The Kier molecular flexibility index (Phi) is 54.6. The van der Waals surface area contributed by atoms with E-state index in [0.29, 0.717) is 13.0 Å². The van der Waals surface area contributed by atoms with Gasteiger partial charge in [0.15, 0.2) is 0 Å². The first-order valence-corrected chi connectivity index (χ1v) is 30.3. The molecule has 2 atom stereocenters. The minimum Gasteiger partial charge on any atom is -0.457 e. The van der Waals surface area contributed by atoms with Crippen molar-refractivity contribution in [3.8, 4) is 0 Å². The fraction of sp³-hybridized carbons (Fsp3) is 0.814. The van der Waals surface area contributed by atoms with Crippen LogP contribution < -0.4 is 5.73 Å². The summed E-state index contributed by atoms with van der Waals surface area (Å²) in [4.78, 5) is 22.7. The Labute approximate surface area is 421 Å². The molecule has 3 N–H and O–H groups in total. The van der Waals surface area contributed by atoms with Gasteiger partial charge < -0.3 is 20.1 Å². The summed E-state index contributed by atoms with van der Waals surface area (Å²) in [5, 5.41) is 0. The summed E-state index contributed by atoms with van der Waals surface area (Å²) < 4.78 is 33.7. The number of carbonyl (C=O) groups is 1. The molecule has 2 unspecified atom stereocenters. The van der Waals surface area contributed by atoms with E-state index >= 15 is 0 Å². The molecule has 0 heterocycles. The predicted octanol–water partition coefficient (Wildman–Crippen LogP) is 18.4. The van der Waals surface area contributed by atoms with Crippen LogP contribution in [0.5, 0.6) is 0 Å². The van der Waals surface area contributed by atoms with Gasteiger partial charge in [0.1, 0.15) is 6.10 Å². The van der Waals surface area contributed by atoms with Crippen LogP contribution in [0.25, 0.3) is 0 Å². The standard InChI is InChI=1S/C59H110NO7P/c1-3-5-7-9-11-13-15-17-19-21-23-25-27-29-30-32-34-36-38-40-42-44-46-48-50-52-59(61)67-58(57-66-68(62,63)65-55-53-60)56-64-54-51-49-47-45-43-41-39-37-35-33-31-28-26-24-22-20-18-16-14-12-10-8-6-4-2/h6,8,12,14,18,20,24,26,31,33,58H,3-5,7,9-11,13,15-17,19,21-23,25,27-30,32,34-57,60H2,1-2H3,(H,62,63)/b8-6-,14-12-,20-18-,26-24-,33-31-. The van der Waals surface area contributed by atoms with Gasteiger partial charge in [0.2, 0.25) is 0 Å². The molecule has 0 aromatic carbocycles. The average molecular weight is 977 g/mol. The lowest BCUT2D eigenvalue weighted by Gasteiger charge is -2.20. The van der Waals surface area contributed by atoms with Gasteiger partial charge in [-0.2, -0.15) is 0 Å². The SMILES string of the molecule is CC/C=C\C/C=C\C/C=C\C/C=C\C/C=C\CCCCCCCCCCOCC(COP(=O)(O)OCCN)OC(=O)CCCCCCCCCCCCCCCCCCCCCCCCCCC. The van der Waals surface area contributed by atoms with Gasteiger partial charge in [0.25, 0.3) is 0 Å². The van der Waals surface area contributed by atoms with E-state index in [1.165, 1.54) is 180 Å². The van der Waals surface area contributed by atoms with Crippen LogP contribution in [0.2, 0.25) is 0 Å². The Morgan fingerprint density at radius 2 is 0.824 bits per heavy atom. The van der Waals surface area contributed by atoms with Gasteiger partial charge in [-0.25, -0.2) is 4.57 Å². The van der Waals surface area contributed by atoms with Crippen molar-refractivity contribution < 1.29 is 32.8 Å². The first-order chi connectivity index (χ1) is 33.4. The Bertz CT molecular complexity index is 1230. The highest BCUT2D eigenvalue weighted by atomic mass is 31.2. The molecule has 0 aliphatic heterocycles. The van der Waals surface area contributed by atoms with Crippen LogP contribution in [0, 0.1) is 0 Å². The lowest BCUT2D eigenvalue weighted by molar-refractivity contribution is -0.154. The molecule has 0 aromatic rings. The summed E-state index contributed by atoms with van der Waals surface area (Å²) in [6.45, 7) is 4.83. The number of phosphoric acid groups is 1. The van der Waals surface area contributed by atoms with Crippen LogP contribution in [0.3, 0.4) is 0 Å². The van der Waals surface area contributed by atoms with E-state index in [-0.39, 0.29) is 32.3 Å². The van der Waals surface area contributed by atoms with Gasteiger partial charge in [-0.3, -0.25) is 13.8 Å². The zero-order chi connectivity index (χ0) is 49.4. The molecule has 398 valence electrons. The highest BCUT2D eigenvalue weighted by Gasteiger charge is 2.25. The van der Waals surface area contributed by atoms with E-state index in [1.54, 1.807) is 0 Å². The van der Waals surface area contributed by atoms with Crippen molar-refractivity contribution in [2.45, 2.75) is 277 Å². The van der Waals surface area contributed by atoms with Crippen LogP contribution in [0.1, 0.15) is 271 Å². The summed E-state index contributed by atoms with van der Waals surface area (Å²) in [6.07, 6.45) is 71.3. The van der Waals surface area contributed by atoms with E-state index in [9.17, 15) is 14.3 Å². The average Bonchev–Trinajstić information content (AvgIpc) is 3.33. The molecule has 0 spiro atoms. The van der Waals surface area contributed by atoms with Crippen molar-refractivity contribution in [2.75, 3.05) is 33.0 Å². The molecule has 0 saturated carbocycles. The molecule has 0 radical (unpaired) electrons. The molecule has 0 fully saturated rings. The molecule has 0 bridgehead atoms. The second-order valence-electron chi connectivity index (χ2n) is 19.1. The van der Waals surface area contributed by atoms with Crippen LogP contribution in [-0.2, 0) is 27.9 Å². The molecule has 0 aliphatic rings. The van der Waals surface area contributed by atoms with Crippen LogP contribution in [0.4, 0.5) is 0 Å². The maximum absolute atomic E-state index is 12.7. The van der Waals surface area contributed by atoms with E-state index in [2.05, 4.69) is 74.6 Å². The molecule has 0 saturated heterocycles. The van der Waals surface area contributed by atoms with Gasteiger partial charge >= 0.3 is 13.8 Å². The van der Waals surface area contributed by atoms with Crippen LogP contribution in [-0.4, -0.2) is 49.9 Å². The number of esters is 1. The number of allylic oxidation sites excluding steroid dienone is 10. The van der Waals surface area contributed by atoms with Crippen molar-refractivity contribution >= 4 is 13.8 Å². The minimum atomic E-state index is -4.29. The number of hydrogen-bond acceptors (Lipinski definition) is 7. The molecular weight excluding hydrogens is 866 g/mol. The van der Waals surface area contributed by atoms with E-state index in [4.69, 9.17) is 24.3 Å². The second kappa shape index (κ2) is 56.1. The maximum atomic E-state index is 12.7. The Hall–Kier alpha value is -1.80. The van der Waals surface area contributed by atoms with Crippen LogP contribution >= 0.6 is 7.82 Å². The lowest BCUT2D eigenvalue weighted by Crippen LogP contribution is -2.28. The predicted molar refractivity (Wildman–Crippen MR) is 293 cm³/mol. The summed E-state index contributed by atoms with van der Waals surface area (Å²) >= 11 is 0. The molecule has 0 aliphatic carbocycles. The summed E-state index contributed by atoms with van der Waals surface area (Å²) in [5.74, 6) is -0.329. The highest BCUT2D eigenvalue weighted by molar-refractivity contribution is 7.47. The molecule has 0 rings (SSSR count). The van der Waals surface area contributed by atoms with E-state index in [1.807, 2.05) is 0 Å². The number of unbranched alkanes of at least 4 members (excludes halogenated alkanes) is 32. The minimum absolute atomic E-state index is 0.0978. The Morgan fingerprint density at radius 3 is 1.24 bits per heavy atom. The molecular formula is C59H110NO7P. The topological polar surface area (TPSA) is 117 Å². The molecule has 0 amide bonds. The molecule has 68 heavy (non-hydrogen) atoms. The molecule has 0 aromatic heterocycles. The van der Waals surface area contributed by atoms with Gasteiger partial charge in [-0.05, 0) is 57.8 Å². The first kappa shape index (κ1) is 66.2. The normalized spacial score (nSPS) is 13.6. The fourth-order valence-corrected chi connectivity index (χ4v) is 9.03. The zero-order valence-electron chi connectivity index (χ0n) is 44.6.